The molecule has 0 saturated carbocycles. The normalized spacial score (nSPS) is 14.2. The van der Waals surface area contributed by atoms with Gasteiger partial charge in [-0.25, -0.2) is 39.9 Å². The highest BCUT2D eigenvalue weighted by Crippen LogP contribution is 2.29. The summed E-state index contributed by atoms with van der Waals surface area (Å²) in [5.41, 5.74) is 11.6. The summed E-state index contributed by atoms with van der Waals surface area (Å²) in [6.45, 7) is 8.88. The monoisotopic (exact) mass is 1220 g/mol. The van der Waals surface area contributed by atoms with Crippen molar-refractivity contribution in [2.75, 3.05) is 99.3 Å². The molecule has 3 fully saturated rings. The van der Waals surface area contributed by atoms with Crippen molar-refractivity contribution in [2.45, 2.75) is 58.8 Å². The van der Waals surface area contributed by atoms with Crippen molar-refractivity contribution < 1.29 is 28.9 Å². The quantitative estimate of drug-likeness (QED) is 0.0646. The summed E-state index contributed by atoms with van der Waals surface area (Å²) in [5.74, 6) is 2.38. The molecule has 0 radical (unpaired) electrons. The fourth-order valence-corrected chi connectivity index (χ4v) is 12.4. The molecule has 21 heteroatoms. The molecule has 3 N–H and O–H groups in total. The van der Waals surface area contributed by atoms with Gasteiger partial charge in [-0.1, -0.05) is 115 Å². The molecule has 0 aliphatic carbocycles. The lowest BCUT2D eigenvalue weighted by molar-refractivity contribution is -0.137. The van der Waals surface area contributed by atoms with Gasteiger partial charge in [0.1, 0.15) is 42.3 Å². The van der Waals surface area contributed by atoms with Gasteiger partial charge in [0, 0.05) is 89.2 Å². The average Bonchev–Trinajstić information content (AvgIpc) is 3.69. The van der Waals surface area contributed by atoms with Crippen LogP contribution in [0.25, 0.3) is 20.7 Å². The fraction of sp³-hybridized carbons (Fsp3) is 0.313. The molecule has 3 aliphatic rings. The zero-order valence-corrected chi connectivity index (χ0v) is 49.9. The Balaban J connectivity index is 0.000000181. The van der Waals surface area contributed by atoms with Crippen molar-refractivity contribution in [3.05, 3.63) is 201 Å². The molecule has 0 unspecified atom stereocenters. The molecule has 10 aromatic rings. The number of nitrogens with zero attached hydrogens (tertiary/aromatic N) is 11. The van der Waals surface area contributed by atoms with E-state index in [0.717, 1.165) is 140 Å². The second-order valence-electron chi connectivity index (χ2n) is 21.5. The minimum absolute atomic E-state index is 0. The summed E-state index contributed by atoms with van der Waals surface area (Å²) in [6.07, 6.45) is 4.34. The summed E-state index contributed by atoms with van der Waals surface area (Å²) in [7, 11) is 0. The van der Waals surface area contributed by atoms with Gasteiger partial charge in [-0.3, -0.25) is 9.59 Å². The molecule has 6 aromatic heterocycles. The van der Waals surface area contributed by atoms with Gasteiger partial charge in [0.25, 0.3) is 0 Å². The third kappa shape index (κ3) is 16.8. The van der Waals surface area contributed by atoms with Crippen LogP contribution in [0.3, 0.4) is 0 Å². The van der Waals surface area contributed by atoms with Gasteiger partial charge < -0.3 is 44.7 Å². The van der Waals surface area contributed by atoms with Crippen LogP contribution in [0.2, 0.25) is 0 Å². The largest absolute Gasteiger partial charge is 0.481 e. The van der Waals surface area contributed by atoms with Gasteiger partial charge in [0.05, 0.1) is 62.4 Å². The van der Waals surface area contributed by atoms with Crippen molar-refractivity contribution in [1.82, 2.24) is 44.8 Å². The van der Waals surface area contributed by atoms with Gasteiger partial charge >= 0.3 is 5.97 Å². The number of amides is 1. The van der Waals surface area contributed by atoms with Gasteiger partial charge in [-0.05, 0) is 95.8 Å². The number of fused-ring (bicyclic) bond motifs is 2. The molecule has 3 aliphatic heterocycles. The molecule has 0 atom stereocenters. The first-order chi connectivity index (χ1) is 42.7. The van der Waals surface area contributed by atoms with Gasteiger partial charge in [-0.15, -0.1) is 0 Å². The molecule has 88 heavy (non-hydrogen) atoms. The number of morpholine rings is 3. The number of hydrogen-bond donors (Lipinski definition) is 3. The number of nitrogens with one attached hydrogen (secondary N) is 2. The Labute approximate surface area is 519 Å². The third-order valence-corrected chi connectivity index (χ3v) is 17.0. The zero-order chi connectivity index (χ0) is 59.2. The molecular formula is C67H71N13O6S2. The van der Waals surface area contributed by atoms with Crippen LogP contribution in [0, 0.1) is 0 Å². The molecule has 9 heterocycles. The van der Waals surface area contributed by atoms with Crippen LogP contribution < -0.4 is 20.4 Å². The Morgan fingerprint density at radius 2 is 0.841 bits per heavy atom. The average molecular weight is 1220 g/mol. The number of carbonyl (C=O) groups is 2. The predicted octanol–water partition coefficient (Wildman–Crippen LogP) is 10.9. The second kappa shape index (κ2) is 29.7. The number of carboxylic acids is 1. The second-order valence-corrected chi connectivity index (χ2v) is 23.6. The van der Waals surface area contributed by atoms with E-state index in [4.69, 9.17) is 59.2 Å². The minimum atomic E-state index is -0.801. The lowest BCUT2D eigenvalue weighted by atomic mass is 10.1. The summed E-state index contributed by atoms with van der Waals surface area (Å²) >= 11 is 3.21. The maximum Gasteiger partial charge on any atom is 0.303 e. The molecule has 13 rings (SSSR count). The number of thiazole rings is 2. The van der Waals surface area contributed by atoms with Crippen LogP contribution in [-0.2, 0) is 62.3 Å². The summed E-state index contributed by atoms with van der Waals surface area (Å²) in [4.78, 5) is 70.7. The highest BCUT2D eigenvalue weighted by Gasteiger charge is 2.20. The molecule has 3 saturated heterocycles. The SMILES string of the molecule is C.O=C(CCc1ccc(Nc2nc(Cc3ccccc3)cc(Cc3nc4ccc(N5CCOCC5)nc4s3)n2)cc1)N1CCOCC1.O=C(O)CCc1ccc(Nc2nc(Cc3ccccc3)cc(Cc3nc4ccc(N5CCOCC5)nc4s3)n2)cc1. The Bertz CT molecular complexity index is 3910. The van der Waals surface area contributed by atoms with Crippen molar-refractivity contribution in [2.24, 2.45) is 0 Å². The van der Waals surface area contributed by atoms with Gasteiger partial charge in [0.2, 0.25) is 17.8 Å². The van der Waals surface area contributed by atoms with Crippen molar-refractivity contribution in [1.29, 1.82) is 0 Å². The van der Waals surface area contributed by atoms with E-state index >= 15 is 0 Å². The standard InChI is InChI=1S/C35H37N7O3S.C31H30N6O3S.CH4/c43-33(42-16-20-45-21-17-42)13-8-25-6-9-27(10-7-25)36-35-37-28(22-26-4-2-1-3-5-26)23-29(38-35)24-32-39-30-11-12-31(40-34(30)46-32)41-14-18-44-19-15-41;38-29(39)13-8-21-6-9-23(10-7-21)32-31-33-24(18-22-4-2-1-3-5-22)19-25(34-31)20-28-35-26-11-12-27(36-30(26)41-28)37-14-16-40-17-15-37;/h1-7,9-12,23H,8,13-22,24H2,(H,36,37,38);1-7,9-12,19H,8,13-18,20H2,(H,38,39)(H,32,33,34);1H4. The summed E-state index contributed by atoms with van der Waals surface area (Å²) in [6, 6.07) is 48.8. The summed E-state index contributed by atoms with van der Waals surface area (Å²) < 4.78 is 16.3. The van der Waals surface area contributed by atoms with E-state index in [1.807, 2.05) is 95.9 Å². The Morgan fingerprint density at radius 1 is 0.443 bits per heavy atom. The number of aromatic nitrogens is 8. The molecule has 19 nitrogen and oxygen atoms in total. The number of carboxylic acid groups (broad SMARTS) is 1. The summed E-state index contributed by atoms with van der Waals surface area (Å²) in [5, 5.41) is 17.6. The minimum Gasteiger partial charge on any atom is -0.481 e. The van der Waals surface area contributed by atoms with Gasteiger partial charge in [0.15, 0.2) is 0 Å². The number of rotatable bonds is 20. The number of anilines is 6. The number of benzene rings is 4. The molecule has 4 aromatic carbocycles. The molecule has 452 valence electrons. The van der Waals surface area contributed by atoms with Crippen LogP contribution in [-0.4, -0.2) is 141 Å². The first-order valence-electron chi connectivity index (χ1n) is 29.5. The van der Waals surface area contributed by atoms with E-state index < -0.39 is 5.97 Å². The van der Waals surface area contributed by atoms with Crippen molar-refractivity contribution in [3.8, 4) is 0 Å². The molecule has 1 amide bonds. The number of aliphatic carboxylic acids is 1. The Morgan fingerprint density at radius 3 is 1.26 bits per heavy atom. The first-order valence-corrected chi connectivity index (χ1v) is 31.1. The maximum absolute atomic E-state index is 12.6. The van der Waals surface area contributed by atoms with E-state index in [0.29, 0.717) is 83.1 Å². The van der Waals surface area contributed by atoms with Crippen molar-refractivity contribution >= 4 is 90.2 Å². The number of hydrogen-bond acceptors (Lipinski definition) is 19. The lowest BCUT2D eigenvalue weighted by Gasteiger charge is -2.27. The molecule has 0 bridgehead atoms. The predicted molar refractivity (Wildman–Crippen MR) is 347 cm³/mol. The number of aryl methyl sites for hydroxylation is 2. The topological polar surface area (TPSA) is 219 Å². The molecular weight excluding hydrogens is 1150 g/mol. The first kappa shape index (κ1) is 60.8. The number of pyridine rings is 2. The zero-order valence-electron chi connectivity index (χ0n) is 48.2. The van der Waals surface area contributed by atoms with Crippen LogP contribution >= 0.6 is 22.7 Å². The van der Waals surface area contributed by atoms with Crippen LogP contribution in [0.4, 0.5) is 34.9 Å². The van der Waals surface area contributed by atoms with Gasteiger partial charge in [-0.2, -0.15) is 0 Å². The van der Waals surface area contributed by atoms with Crippen LogP contribution in [0.5, 0.6) is 0 Å². The Kier molecular flexibility index (Phi) is 20.5. The number of ether oxygens (including phenoxy) is 3. The van der Waals surface area contributed by atoms with E-state index in [1.165, 1.54) is 11.1 Å². The van der Waals surface area contributed by atoms with Crippen LogP contribution in [0.1, 0.15) is 75.3 Å². The van der Waals surface area contributed by atoms with E-state index in [1.54, 1.807) is 22.7 Å². The van der Waals surface area contributed by atoms with E-state index in [-0.39, 0.29) is 19.8 Å². The van der Waals surface area contributed by atoms with E-state index in [9.17, 15) is 9.59 Å². The van der Waals surface area contributed by atoms with Crippen LogP contribution in [0.15, 0.2) is 146 Å². The van der Waals surface area contributed by atoms with E-state index in [2.05, 4.69) is 75.0 Å². The number of carbonyl (C=O) groups excluding carboxylic acids is 1. The molecule has 0 spiro atoms. The highest BCUT2D eigenvalue weighted by molar-refractivity contribution is 7.18. The fourth-order valence-electron chi connectivity index (χ4n) is 10.5. The van der Waals surface area contributed by atoms with Crippen molar-refractivity contribution in [3.63, 3.8) is 0 Å². The lowest BCUT2D eigenvalue weighted by Crippen LogP contribution is -2.40. The third-order valence-electron chi connectivity index (χ3n) is 15.1. The highest BCUT2D eigenvalue weighted by atomic mass is 32.1. The maximum atomic E-state index is 12.6. The Hall–Kier alpha value is -8.86. The smallest absolute Gasteiger partial charge is 0.303 e.